The molecule has 0 aliphatic heterocycles. The Balaban J connectivity index is 2.31. The molecule has 114 valence electrons. The summed E-state index contributed by atoms with van der Waals surface area (Å²) in [5.41, 5.74) is 6.81. The lowest BCUT2D eigenvalue weighted by Gasteiger charge is -2.23. The van der Waals surface area contributed by atoms with Gasteiger partial charge >= 0.3 is 0 Å². The van der Waals surface area contributed by atoms with Gasteiger partial charge in [-0.2, -0.15) is 0 Å². The van der Waals surface area contributed by atoms with Gasteiger partial charge in [0.25, 0.3) is 0 Å². The summed E-state index contributed by atoms with van der Waals surface area (Å²) in [4.78, 5) is 2.46. The van der Waals surface area contributed by atoms with E-state index in [4.69, 9.17) is 10.5 Å². The molecular weight excluding hydrogens is 248 g/mol. The van der Waals surface area contributed by atoms with Crippen molar-refractivity contribution in [2.24, 2.45) is 11.7 Å². The lowest BCUT2D eigenvalue weighted by atomic mass is 10.1. The highest BCUT2D eigenvalue weighted by atomic mass is 16.5. The van der Waals surface area contributed by atoms with E-state index < -0.39 is 0 Å². The lowest BCUT2D eigenvalue weighted by molar-refractivity contribution is 0.194. The second-order valence-corrected chi connectivity index (χ2v) is 5.44. The van der Waals surface area contributed by atoms with Crippen molar-refractivity contribution in [3.63, 3.8) is 0 Å². The number of hydrogen-bond acceptors (Lipinski definition) is 3. The van der Waals surface area contributed by atoms with Crippen molar-refractivity contribution in [3.05, 3.63) is 29.8 Å². The van der Waals surface area contributed by atoms with Gasteiger partial charge in [-0.3, -0.25) is 4.90 Å². The van der Waals surface area contributed by atoms with Crippen LogP contribution < -0.4 is 10.5 Å². The number of hydrogen-bond donors (Lipinski definition) is 1. The number of rotatable bonds is 10. The van der Waals surface area contributed by atoms with Crippen LogP contribution in [0.15, 0.2) is 24.3 Å². The molecule has 1 aromatic rings. The highest BCUT2D eigenvalue weighted by Crippen LogP contribution is 2.12. The number of likely N-dealkylation sites (N-methyl/N-ethyl adjacent to an activating group) is 1. The van der Waals surface area contributed by atoms with E-state index in [-0.39, 0.29) is 0 Å². The van der Waals surface area contributed by atoms with Crippen molar-refractivity contribution in [1.29, 1.82) is 0 Å². The van der Waals surface area contributed by atoms with Crippen molar-refractivity contribution in [1.82, 2.24) is 4.90 Å². The Morgan fingerprint density at radius 3 is 2.45 bits per heavy atom. The molecule has 3 heteroatoms. The minimum Gasteiger partial charge on any atom is -0.492 e. The molecule has 1 rings (SSSR count). The molecule has 3 nitrogen and oxygen atoms in total. The number of ether oxygens (including phenoxy) is 1. The number of nitrogens with two attached hydrogens (primary N) is 1. The van der Waals surface area contributed by atoms with Crippen LogP contribution in [0.4, 0.5) is 0 Å². The first-order valence-electron chi connectivity index (χ1n) is 7.83. The van der Waals surface area contributed by atoms with Crippen molar-refractivity contribution < 1.29 is 4.74 Å². The van der Waals surface area contributed by atoms with Crippen LogP contribution in [0.5, 0.6) is 5.75 Å². The van der Waals surface area contributed by atoms with Crippen molar-refractivity contribution >= 4 is 0 Å². The SMILES string of the molecule is CCC(C)CN(CC)CCOc1ccc(CCN)cc1. The molecule has 0 aliphatic rings. The van der Waals surface area contributed by atoms with Crippen LogP contribution in [0.3, 0.4) is 0 Å². The first-order chi connectivity index (χ1) is 9.69. The summed E-state index contributed by atoms with van der Waals surface area (Å²) < 4.78 is 5.81. The summed E-state index contributed by atoms with van der Waals surface area (Å²) in [7, 11) is 0. The Morgan fingerprint density at radius 1 is 1.20 bits per heavy atom. The summed E-state index contributed by atoms with van der Waals surface area (Å²) in [6, 6.07) is 8.27. The molecule has 1 unspecified atom stereocenters. The third-order valence-corrected chi connectivity index (χ3v) is 3.75. The minimum absolute atomic E-state index is 0.696. The lowest BCUT2D eigenvalue weighted by Crippen LogP contribution is -2.32. The number of benzene rings is 1. The molecule has 0 radical (unpaired) electrons. The molecule has 20 heavy (non-hydrogen) atoms. The molecule has 0 spiro atoms. The standard InChI is InChI=1S/C17H30N2O/c1-4-15(3)14-19(5-2)12-13-20-17-8-6-16(7-9-17)10-11-18/h6-9,15H,4-5,10-14,18H2,1-3H3. The third-order valence-electron chi connectivity index (χ3n) is 3.75. The average molecular weight is 278 g/mol. The van der Waals surface area contributed by atoms with E-state index in [1.54, 1.807) is 0 Å². The molecule has 0 aromatic heterocycles. The third kappa shape index (κ3) is 6.40. The van der Waals surface area contributed by atoms with Crippen LogP contribution in [0.1, 0.15) is 32.8 Å². The molecule has 2 N–H and O–H groups in total. The molecule has 0 fully saturated rings. The molecule has 1 aromatic carbocycles. The summed E-state index contributed by atoms with van der Waals surface area (Å²) in [6.45, 7) is 11.4. The first kappa shape index (κ1) is 17.0. The second-order valence-electron chi connectivity index (χ2n) is 5.44. The predicted molar refractivity (Wildman–Crippen MR) is 86.3 cm³/mol. The zero-order chi connectivity index (χ0) is 14.8. The quantitative estimate of drug-likeness (QED) is 0.715. The van der Waals surface area contributed by atoms with Gasteiger partial charge in [0, 0.05) is 13.1 Å². The summed E-state index contributed by atoms with van der Waals surface area (Å²) in [5, 5.41) is 0. The average Bonchev–Trinajstić information content (AvgIpc) is 2.48. The molecule has 1 atom stereocenters. The second kappa shape index (κ2) is 9.78. The Kier molecular flexibility index (Phi) is 8.31. The largest absolute Gasteiger partial charge is 0.492 e. The van der Waals surface area contributed by atoms with Crippen LogP contribution in [0, 0.1) is 5.92 Å². The summed E-state index contributed by atoms with van der Waals surface area (Å²) >= 11 is 0. The van der Waals surface area contributed by atoms with Crippen LogP contribution in [-0.4, -0.2) is 37.7 Å². The van der Waals surface area contributed by atoms with Crippen molar-refractivity contribution in [2.45, 2.75) is 33.6 Å². The molecule has 0 saturated carbocycles. The van der Waals surface area contributed by atoms with Crippen LogP contribution in [0.25, 0.3) is 0 Å². The Labute approximate surface area is 124 Å². The Hall–Kier alpha value is -1.06. The van der Waals surface area contributed by atoms with Gasteiger partial charge in [-0.15, -0.1) is 0 Å². The van der Waals surface area contributed by atoms with Crippen LogP contribution in [-0.2, 0) is 6.42 Å². The van der Waals surface area contributed by atoms with E-state index >= 15 is 0 Å². The highest BCUT2D eigenvalue weighted by Gasteiger charge is 2.07. The van der Waals surface area contributed by atoms with Gasteiger partial charge < -0.3 is 10.5 Å². The first-order valence-corrected chi connectivity index (χ1v) is 7.83. The van der Waals surface area contributed by atoms with Crippen molar-refractivity contribution in [2.75, 3.05) is 32.8 Å². The normalized spacial score (nSPS) is 12.7. The van der Waals surface area contributed by atoms with Crippen molar-refractivity contribution in [3.8, 4) is 5.75 Å². The Bertz CT molecular complexity index is 351. The predicted octanol–water partition coefficient (Wildman–Crippen LogP) is 2.93. The zero-order valence-electron chi connectivity index (χ0n) is 13.3. The fraction of sp³-hybridized carbons (Fsp3) is 0.647. The van der Waals surface area contributed by atoms with Gasteiger partial charge in [-0.25, -0.2) is 0 Å². The monoisotopic (exact) mass is 278 g/mol. The smallest absolute Gasteiger partial charge is 0.119 e. The van der Waals surface area contributed by atoms with E-state index in [0.29, 0.717) is 6.54 Å². The van der Waals surface area contributed by atoms with E-state index in [9.17, 15) is 0 Å². The molecule has 0 amide bonds. The van der Waals surface area contributed by atoms with E-state index in [2.05, 4.69) is 37.8 Å². The summed E-state index contributed by atoms with van der Waals surface area (Å²) in [6.07, 6.45) is 2.17. The van der Waals surface area contributed by atoms with Gasteiger partial charge in [0.05, 0.1) is 0 Å². The maximum Gasteiger partial charge on any atom is 0.119 e. The zero-order valence-corrected chi connectivity index (χ0v) is 13.3. The maximum absolute atomic E-state index is 5.81. The van der Waals surface area contributed by atoms with Gasteiger partial charge in [0.2, 0.25) is 0 Å². The van der Waals surface area contributed by atoms with E-state index in [0.717, 1.165) is 44.3 Å². The van der Waals surface area contributed by atoms with Gasteiger partial charge in [0.15, 0.2) is 0 Å². The van der Waals surface area contributed by atoms with Gasteiger partial charge in [0.1, 0.15) is 12.4 Å². The molecule has 0 bridgehead atoms. The topological polar surface area (TPSA) is 38.5 Å². The molecule has 0 heterocycles. The fourth-order valence-electron chi connectivity index (χ4n) is 2.16. The highest BCUT2D eigenvalue weighted by molar-refractivity contribution is 5.27. The Morgan fingerprint density at radius 2 is 1.90 bits per heavy atom. The molecular formula is C17H30N2O. The van der Waals surface area contributed by atoms with E-state index in [1.807, 2.05) is 12.1 Å². The van der Waals surface area contributed by atoms with Crippen LogP contribution >= 0.6 is 0 Å². The maximum atomic E-state index is 5.81. The molecule has 0 saturated heterocycles. The van der Waals surface area contributed by atoms with Gasteiger partial charge in [-0.05, 0) is 43.1 Å². The fourth-order valence-corrected chi connectivity index (χ4v) is 2.16. The summed E-state index contributed by atoms with van der Waals surface area (Å²) in [5.74, 6) is 1.70. The minimum atomic E-state index is 0.696. The van der Waals surface area contributed by atoms with E-state index in [1.165, 1.54) is 12.0 Å². The molecule has 0 aliphatic carbocycles. The van der Waals surface area contributed by atoms with Crippen LogP contribution in [0.2, 0.25) is 0 Å². The number of nitrogens with zero attached hydrogens (tertiary/aromatic N) is 1. The van der Waals surface area contributed by atoms with Gasteiger partial charge in [-0.1, -0.05) is 39.3 Å².